The molecule has 1 rings (SSSR count). The van der Waals surface area contributed by atoms with E-state index in [9.17, 15) is 13.2 Å². The second-order valence-electron chi connectivity index (χ2n) is 5.67. The Hall–Kier alpha value is -1.58. The zero-order chi connectivity index (χ0) is 16.8. The average molecular weight is 311 g/mol. The lowest BCUT2D eigenvalue weighted by atomic mass is 9.99. The molecule has 1 unspecified atom stereocenters. The number of benzene rings is 1. The second-order valence-corrected chi connectivity index (χ2v) is 5.67. The minimum atomic E-state index is -4.35. The van der Waals surface area contributed by atoms with Gasteiger partial charge in [-0.15, -0.1) is 0 Å². The highest BCUT2D eigenvalue weighted by atomic mass is 19.4. The van der Waals surface area contributed by atoms with Crippen LogP contribution >= 0.6 is 0 Å². The van der Waals surface area contributed by atoms with Gasteiger partial charge in [0, 0.05) is 11.9 Å². The first-order valence-electron chi connectivity index (χ1n) is 7.65. The quantitative estimate of drug-likeness (QED) is 0.542. The van der Waals surface area contributed by atoms with Crippen molar-refractivity contribution in [3.63, 3.8) is 0 Å². The standard InChI is InChI=1S/C18H24F3N/c1-5-6-9-13(2)15(4)22-12-14(3)16-10-7-8-11-17(16)18(19,20)21/h7-8,10-13H,5-6,9H2,1-4H3/b14-12+,22-15+. The van der Waals surface area contributed by atoms with Crippen molar-refractivity contribution in [1.82, 2.24) is 0 Å². The van der Waals surface area contributed by atoms with Crippen LogP contribution in [-0.4, -0.2) is 5.71 Å². The van der Waals surface area contributed by atoms with E-state index in [-0.39, 0.29) is 5.56 Å². The summed E-state index contributed by atoms with van der Waals surface area (Å²) in [5.41, 5.74) is 1.05. The van der Waals surface area contributed by atoms with Crippen molar-refractivity contribution >= 4 is 11.3 Å². The van der Waals surface area contributed by atoms with Crippen molar-refractivity contribution < 1.29 is 13.2 Å². The summed E-state index contributed by atoms with van der Waals surface area (Å²) >= 11 is 0. The Morgan fingerprint density at radius 2 is 1.86 bits per heavy atom. The fourth-order valence-corrected chi connectivity index (χ4v) is 2.19. The van der Waals surface area contributed by atoms with Crippen LogP contribution in [0.3, 0.4) is 0 Å². The van der Waals surface area contributed by atoms with E-state index in [1.165, 1.54) is 12.1 Å². The van der Waals surface area contributed by atoms with Crippen LogP contribution in [0.4, 0.5) is 13.2 Å². The molecule has 122 valence electrons. The predicted molar refractivity (Wildman–Crippen MR) is 86.9 cm³/mol. The van der Waals surface area contributed by atoms with E-state index >= 15 is 0 Å². The predicted octanol–water partition coefficient (Wildman–Crippen LogP) is 6.35. The first-order valence-corrected chi connectivity index (χ1v) is 7.65. The van der Waals surface area contributed by atoms with Gasteiger partial charge >= 0.3 is 6.18 Å². The minimum Gasteiger partial charge on any atom is -0.265 e. The highest BCUT2D eigenvalue weighted by molar-refractivity contribution is 5.85. The Morgan fingerprint density at radius 3 is 2.45 bits per heavy atom. The molecule has 0 saturated carbocycles. The third kappa shape index (κ3) is 5.32. The molecule has 0 aromatic heterocycles. The normalized spacial score (nSPS) is 15.0. The van der Waals surface area contributed by atoms with E-state index in [4.69, 9.17) is 0 Å². The van der Waals surface area contributed by atoms with Crippen LogP contribution in [0.25, 0.3) is 5.57 Å². The van der Waals surface area contributed by atoms with Gasteiger partial charge in [0.2, 0.25) is 0 Å². The maximum atomic E-state index is 13.0. The fraction of sp³-hybridized carbons (Fsp3) is 0.500. The van der Waals surface area contributed by atoms with Gasteiger partial charge in [-0.05, 0) is 43.4 Å². The van der Waals surface area contributed by atoms with Crippen molar-refractivity contribution in [2.24, 2.45) is 10.9 Å². The van der Waals surface area contributed by atoms with Crippen LogP contribution in [0.5, 0.6) is 0 Å². The molecule has 0 aliphatic heterocycles. The molecular formula is C18H24F3N. The average Bonchev–Trinajstić information content (AvgIpc) is 2.48. The van der Waals surface area contributed by atoms with Gasteiger partial charge in [0.05, 0.1) is 5.56 Å². The molecule has 0 bridgehead atoms. The van der Waals surface area contributed by atoms with Gasteiger partial charge < -0.3 is 0 Å². The summed E-state index contributed by atoms with van der Waals surface area (Å²) in [7, 11) is 0. The van der Waals surface area contributed by atoms with Crippen molar-refractivity contribution in [2.75, 3.05) is 0 Å². The molecule has 0 N–H and O–H groups in total. The first kappa shape index (κ1) is 18.5. The first-order chi connectivity index (χ1) is 10.3. The maximum Gasteiger partial charge on any atom is 0.416 e. The Morgan fingerprint density at radius 1 is 1.23 bits per heavy atom. The Labute approximate surface area is 131 Å². The van der Waals surface area contributed by atoms with Crippen molar-refractivity contribution in [3.8, 4) is 0 Å². The van der Waals surface area contributed by atoms with Gasteiger partial charge in [-0.25, -0.2) is 0 Å². The largest absolute Gasteiger partial charge is 0.416 e. The molecule has 22 heavy (non-hydrogen) atoms. The van der Waals surface area contributed by atoms with Gasteiger partial charge in [0.25, 0.3) is 0 Å². The molecule has 4 heteroatoms. The lowest BCUT2D eigenvalue weighted by molar-refractivity contribution is -0.137. The van der Waals surface area contributed by atoms with E-state index in [1.54, 1.807) is 19.2 Å². The number of hydrogen-bond acceptors (Lipinski definition) is 1. The lowest BCUT2D eigenvalue weighted by Crippen LogP contribution is -2.08. The van der Waals surface area contributed by atoms with Gasteiger partial charge in [-0.2, -0.15) is 13.2 Å². The lowest BCUT2D eigenvalue weighted by Gasteiger charge is -2.13. The van der Waals surface area contributed by atoms with E-state index in [1.807, 2.05) is 6.92 Å². The molecule has 1 atom stereocenters. The van der Waals surface area contributed by atoms with Crippen LogP contribution in [0.2, 0.25) is 0 Å². The topological polar surface area (TPSA) is 12.4 Å². The number of hydrogen-bond donors (Lipinski definition) is 0. The summed E-state index contributed by atoms with van der Waals surface area (Å²) in [6.45, 7) is 7.83. The smallest absolute Gasteiger partial charge is 0.265 e. The highest BCUT2D eigenvalue weighted by Crippen LogP contribution is 2.34. The fourth-order valence-electron chi connectivity index (χ4n) is 2.19. The number of rotatable bonds is 6. The molecule has 1 aromatic carbocycles. The summed E-state index contributed by atoms with van der Waals surface area (Å²) in [4.78, 5) is 4.36. The molecule has 0 aliphatic carbocycles. The Balaban J connectivity index is 2.99. The van der Waals surface area contributed by atoms with Crippen molar-refractivity contribution in [2.45, 2.75) is 53.1 Å². The number of aliphatic imine (C=N–C) groups is 1. The molecule has 0 fully saturated rings. The zero-order valence-electron chi connectivity index (χ0n) is 13.7. The SMILES string of the molecule is CCCCC(C)/C(C)=N/C=C(\C)c1ccccc1C(F)(F)F. The van der Waals surface area contributed by atoms with Crippen molar-refractivity contribution in [1.29, 1.82) is 0 Å². The number of alkyl halides is 3. The summed E-state index contributed by atoms with van der Waals surface area (Å²) in [6, 6.07) is 5.61. The van der Waals surface area contributed by atoms with Gasteiger partial charge in [0.15, 0.2) is 0 Å². The molecule has 0 aliphatic rings. The van der Waals surface area contributed by atoms with Gasteiger partial charge in [0.1, 0.15) is 0 Å². The highest BCUT2D eigenvalue weighted by Gasteiger charge is 2.33. The van der Waals surface area contributed by atoms with E-state index in [0.29, 0.717) is 11.5 Å². The number of halogens is 3. The van der Waals surface area contributed by atoms with E-state index < -0.39 is 11.7 Å². The molecule has 1 aromatic rings. The number of unbranched alkanes of at least 4 members (excludes halogenated alkanes) is 1. The van der Waals surface area contributed by atoms with Gasteiger partial charge in [-0.1, -0.05) is 44.9 Å². The molecule has 1 nitrogen and oxygen atoms in total. The van der Waals surface area contributed by atoms with Crippen LogP contribution in [0.1, 0.15) is 58.1 Å². The second kappa shape index (κ2) is 8.16. The summed E-state index contributed by atoms with van der Waals surface area (Å²) < 4.78 is 39.0. The molecule has 0 spiro atoms. The third-order valence-electron chi connectivity index (χ3n) is 3.82. The Bertz CT molecular complexity index is 542. The molecule has 0 amide bonds. The maximum absolute atomic E-state index is 13.0. The molecule has 0 saturated heterocycles. The monoisotopic (exact) mass is 311 g/mol. The van der Waals surface area contributed by atoms with E-state index in [2.05, 4.69) is 18.8 Å². The number of nitrogens with zero attached hydrogens (tertiary/aromatic N) is 1. The van der Waals surface area contributed by atoms with Crippen molar-refractivity contribution in [3.05, 3.63) is 41.6 Å². The molecule has 0 heterocycles. The van der Waals surface area contributed by atoms with Gasteiger partial charge in [-0.3, -0.25) is 4.99 Å². The molecule has 0 radical (unpaired) electrons. The minimum absolute atomic E-state index is 0.188. The molecular weight excluding hydrogens is 287 g/mol. The van der Waals surface area contributed by atoms with Crippen LogP contribution < -0.4 is 0 Å². The summed E-state index contributed by atoms with van der Waals surface area (Å²) in [5, 5.41) is 0. The zero-order valence-corrected chi connectivity index (χ0v) is 13.7. The van der Waals surface area contributed by atoms with Crippen LogP contribution in [0.15, 0.2) is 35.5 Å². The van der Waals surface area contributed by atoms with Crippen LogP contribution in [0, 0.1) is 5.92 Å². The van der Waals surface area contributed by atoms with Crippen LogP contribution in [-0.2, 0) is 6.18 Å². The Kier molecular flexibility index (Phi) is 6.85. The number of allylic oxidation sites excluding steroid dienone is 1. The van der Waals surface area contributed by atoms with E-state index in [0.717, 1.165) is 31.0 Å². The summed E-state index contributed by atoms with van der Waals surface area (Å²) in [6.07, 6.45) is 0.512. The summed E-state index contributed by atoms with van der Waals surface area (Å²) in [5.74, 6) is 0.349. The third-order valence-corrected chi connectivity index (χ3v) is 3.82.